The van der Waals surface area contributed by atoms with Crippen LogP contribution < -0.4 is 10.2 Å². The highest BCUT2D eigenvalue weighted by atomic mass is 16.7. The van der Waals surface area contributed by atoms with Gasteiger partial charge in [-0.15, -0.1) is 5.06 Å². The van der Waals surface area contributed by atoms with Crippen molar-refractivity contribution in [1.29, 1.82) is 0 Å². The fourth-order valence-corrected chi connectivity index (χ4v) is 5.25. The molecule has 4 rings (SSSR count). The van der Waals surface area contributed by atoms with Gasteiger partial charge in [-0.1, -0.05) is 51.5 Å². The third kappa shape index (κ3) is 7.20. The predicted molar refractivity (Wildman–Crippen MR) is 146 cm³/mol. The number of morpholine rings is 1. The van der Waals surface area contributed by atoms with Crippen molar-refractivity contribution >= 4 is 29.4 Å². The maximum atomic E-state index is 12.7. The van der Waals surface area contributed by atoms with Crippen LogP contribution in [-0.2, 0) is 19.2 Å². The third-order valence-corrected chi connectivity index (χ3v) is 7.60. The average molecular weight is 511 g/mol. The molecule has 8 heteroatoms. The molecule has 0 atom stereocenters. The second-order valence-electron chi connectivity index (χ2n) is 10.4. The minimum atomic E-state index is -0.622. The van der Waals surface area contributed by atoms with Gasteiger partial charge >= 0.3 is 0 Å². The van der Waals surface area contributed by atoms with E-state index in [0.717, 1.165) is 35.5 Å². The van der Waals surface area contributed by atoms with Crippen molar-refractivity contribution in [2.75, 3.05) is 37.7 Å². The van der Waals surface area contributed by atoms with Crippen LogP contribution in [0.4, 0.5) is 5.69 Å². The maximum Gasteiger partial charge on any atom is 0.253 e. The molecule has 1 aromatic carbocycles. The van der Waals surface area contributed by atoms with Gasteiger partial charge in [0.25, 0.3) is 11.8 Å². The Morgan fingerprint density at radius 1 is 1.08 bits per heavy atom. The molecule has 0 aliphatic carbocycles. The molecule has 2 saturated heterocycles. The number of nitrogens with zero attached hydrogens (tertiary/aromatic N) is 3. The normalized spacial score (nSPS) is 20.1. The summed E-state index contributed by atoms with van der Waals surface area (Å²) in [6.07, 6.45) is 14.6. The highest BCUT2D eigenvalue weighted by Gasteiger charge is 2.45. The number of hydrogen-bond acceptors (Lipinski definition) is 6. The van der Waals surface area contributed by atoms with Gasteiger partial charge in [0.15, 0.2) is 0 Å². The molecular formula is C29H42N4O4. The lowest BCUT2D eigenvalue weighted by molar-refractivity contribution is -0.140. The first-order valence-electron chi connectivity index (χ1n) is 14.0. The van der Waals surface area contributed by atoms with Gasteiger partial charge in [0.05, 0.1) is 6.61 Å². The third-order valence-electron chi connectivity index (χ3n) is 7.60. The molecule has 3 aliphatic heterocycles. The minimum Gasteiger partial charge on any atom is -0.414 e. The van der Waals surface area contributed by atoms with Crippen molar-refractivity contribution < 1.29 is 19.2 Å². The van der Waals surface area contributed by atoms with E-state index in [1.54, 1.807) is 11.2 Å². The molecule has 202 valence electrons. The van der Waals surface area contributed by atoms with E-state index in [-0.39, 0.29) is 18.4 Å². The fraction of sp³-hybridized carbons (Fsp3) is 0.621. The first kappa shape index (κ1) is 27.3. The summed E-state index contributed by atoms with van der Waals surface area (Å²) in [4.78, 5) is 37.3. The topological polar surface area (TPSA) is 83.5 Å². The zero-order valence-electron chi connectivity index (χ0n) is 22.5. The quantitative estimate of drug-likeness (QED) is 0.324. The Balaban J connectivity index is 1.21. The van der Waals surface area contributed by atoms with E-state index in [2.05, 4.69) is 12.2 Å². The predicted octanol–water partition coefficient (Wildman–Crippen LogP) is 4.76. The van der Waals surface area contributed by atoms with Crippen molar-refractivity contribution in [3.63, 3.8) is 0 Å². The molecule has 2 amide bonds. The summed E-state index contributed by atoms with van der Waals surface area (Å²) in [6, 6.07) is 5.98. The van der Waals surface area contributed by atoms with E-state index in [1.807, 2.05) is 36.3 Å². The molecule has 8 nitrogen and oxygen atoms in total. The monoisotopic (exact) mass is 510 g/mol. The first-order chi connectivity index (χ1) is 18.0. The highest BCUT2D eigenvalue weighted by Crippen LogP contribution is 2.31. The smallest absolute Gasteiger partial charge is 0.253 e. The first-order valence-corrected chi connectivity index (χ1v) is 14.0. The molecule has 2 fully saturated rings. The van der Waals surface area contributed by atoms with Gasteiger partial charge in [-0.05, 0) is 55.5 Å². The number of hydrogen-bond donors (Lipinski definition) is 1. The van der Waals surface area contributed by atoms with Crippen LogP contribution in [0.2, 0.25) is 0 Å². The molecule has 0 aromatic heterocycles. The number of carbonyl (C=O) groups is 2. The van der Waals surface area contributed by atoms with E-state index >= 15 is 0 Å². The van der Waals surface area contributed by atoms with Crippen LogP contribution in [0.5, 0.6) is 0 Å². The van der Waals surface area contributed by atoms with Crippen LogP contribution in [0.3, 0.4) is 0 Å². The number of amides is 2. The van der Waals surface area contributed by atoms with Gasteiger partial charge in [0.2, 0.25) is 0 Å². The molecule has 3 aliphatic rings. The Bertz CT molecular complexity index is 998. The number of hydroxylamine groups is 2. The van der Waals surface area contributed by atoms with Crippen molar-refractivity contribution in [1.82, 2.24) is 10.4 Å². The standard InChI is InChI=1S/C29H42N4O4/c1-3-4-5-6-7-8-9-10-26-30-28(35)29(31-26)14-16-32(17-15-29)37-19-13-24-11-12-25(21-23(24)2)33-18-20-36-22-27(33)34/h11-13,19,21H,3-10,14-18,20,22H2,1-2H3,(H,30,31,35)/b19-13+. The number of nitrogens with one attached hydrogen (secondary N) is 1. The number of benzene rings is 1. The Hall–Kier alpha value is -2.71. The Kier molecular flexibility index (Phi) is 9.75. The van der Waals surface area contributed by atoms with Gasteiger partial charge in [-0.25, -0.2) is 0 Å². The van der Waals surface area contributed by atoms with Crippen molar-refractivity contribution in [3.05, 3.63) is 35.6 Å². The van der Waals surface area contributed by atoms with Crippen LogP contribution >= 0.6 is 0 Å². The molecule has 1 spiro atoms. The fourth-order valence-electron chi connectivity index (χ4n) is 5.25. The molecule has 3 heterocycles. The van der Waals surface area contributed by atoms with E-state index < -0.39 is 5.54 Å². The number of aryl methyl sites for hydroxylation is 1. The summed E-state index contributed by atoms with van der Waals surface area (Å²) in [7, 11) is 0. The van der Waals surface area contributed by atoms with Crippen molar-refractivity contribution in [2.45, 2.75) is 83.6 Å². The van der Waals surface area contributed by atoms with Crippen LogP contribution in [0.1, 0.15) is 82.3 Å². The van der Waals surface area contributed by atoms with Crippen LogP contribution in [-0.4, -0.2) is 61.1 Å². The number of unbranched alkanes of at least 4 members (excludes halogenated alkanes) is 6. The summed E-state index contributed by atoms with van der Waals surface area (Å²) < 4.78 is 5.22. The second kappa shape index (κ2) is 13.2. The summed E-state index contributed by atoms with van der Waals surface area (Å²) >= 11 is 0. The Morgan fingerprint density at radius 2 is 1.84 bits per heavy atom. The number of anilines is 1. The van der Waals surface area contributed by atoms with Crippen LogP contribution in [0, 0.1) is 6.92 Å². The molecule has 0 bridgehead atoms. The Labute approximate surface area is 221 Å². The molecule has 1 N–H and O–H groups in total. The molecule has 0 radical (unpaired) electrons. The van der Waals surface area contributed by atoms with Crippen LogP contribution in [0.25, 0.3) is 6.08 Å². The second-order valence-corrected chi connectivity index (χ2v) is 10.4. The molecule has 37 heavy (non-hydrogen) atoms. The van der Waals surface area contributed by atoms with Gasteiger partial charge in [-0.2, -0.15) is 0 Å². The summed E-state index contributed by atoms with van der Waals surface area (Å²) in [5, 5.41) is 4.95. The number of piperidine rings is 1. The van der Waals surface area contributed by atoms with E-state index in [9.17, 15) is 9.59 Å². The number of aliphatic imine (C=N–C) groups is 1. The van der Waals surface area contributed by atoms with Crippen molar-refractivity contribution in [3.8, 4) is 0 Å². The summed E-state index contributed by atoms with van der Waals surface area (Å²) in [5.41, 5.74) is 2.38. The van der Waals surface area contributed by atoms with E-state index in [1.165, 1.54) is 38.5 Å². The number of rotatable bonds is 12. The molecule has 0 unspecified atom stereocenters. The Morgan fingerprint density at radius 3 is 2.57 bits per heavy atom. The van der Waals surface area contributed by atoms with Gasteiger partial charge in [0.1, 0.15) is 24.2 Å². The van der Waals surface area contributed by atoms with Gasteiger partial charge in [0, 0.05) is 31.7 Å². The average Bonchev–Trinajstić information content (AvgIpc) is 3.20. The number of carbonyl (C=O) groups excluding carboxylic acids is 2. The summed E-state index contributed by atoms with van der Waals surface area (Å²) in [6.45, 7) is 6.86. The van der Waals surface area contributed by atoms with E-state index in [4.69, 9.17) is 14.6 Å². The SMILES string of the molecule is CCCCCCCCCC1=NC2(CCN(O/C=C/c3ccc(N4CCOCC4=O)cc3C)CC2)C(=O)N1. The lowest BCUT2D eigenvalue weighted by atomic mass is 9.89. The lowest BCUT2D eigenvalue weighted by Gasteiger charge is -2.33. The largest absolute Gasteiger partial charge is 0.414 e. The zero-order valence-corrected chi connectivity index (χ0v) is 22.5. The van der Waals surface area contributed by atoms with Gasteiger partial charge < -0.3 is 19.8 Å². The molecule has 1 aromatic rings. The summed E-state index contributed by atoms with van der Waals surface area (Å²) in [5.74, 6) is 0.908. The minimum absolute atomic E-state index is 0.00894. The van der Waals surface area contributed by atoms with E-state index in [0.29, 0.717) is 39.1 Å². The molecule has 0 saturated carbocycles. The zero-order chi connectivity index (χ0) is 26.1. The number of amidine groups is 1. The maximum absolute atomic E-state index is 12.7. The van der Waals surface area contributed by atoms with Crippen LogP contribution in [0.15, 0.2) is 29.5 Å². The van der Waals surface area contributed by atoms with Gasteiger partial charge in [-0.3, -0.25) is 14.6 Å². The highest BCUT2D eigenvalue weighted by molar-refractivity contribution is 6.08. The van der Waals surface area contributed by atoms with Crippen molar-refractivity contribution in [2.24, 2.45) is 4.99 Å². The number of ether oxygens (including phenoxy) is 1. The molecular weight excluding hydrogens is 468 g/mol. The lowest BCUT2D eigenvalue weighted by Crippen LogP contribution is -2.48.